The SMILES string of the molecule is CCNC(=O)C1CC2(CC(c3cnc4c(c(C)nn4CC)c3NC3CCC(C(=O)O)CC3)=NO2)C1. The van der Waals surface area contributed by atoms with E-state index in [2.05, 4.69) is 20.9 Å². The summed E-state index contributed by atoms with van der Waals surface area (Å²) in [5.74, 6) is -0.916. The lowest BCUT2D eigenvalue weighted by molar-refractivity contribution is -0.147. The first kappa shape index (κ1) is 23.6. The normalized spacial score (nSPS) is 27.9. The minimum Gasteiger partial charge on any atom is -0.481 e. The molecular formula is C25H34N6O4. The Morgan fingerprint density at radius 2 is 1.94 bits per heavy atom. The number of anilines is 1. The fraction of sp³-hybridized carbons (Fsp3) is 0.640. The van der Waals surface area contributed by atoms with E-state index in [0.717, 1.165) is 46.5 Å². The molecule has 1 amide bonds. The molecular weight excluding hydrogens is 448 g/mol. The van der Waals surface area contributed by atoms with Crippen molar-refractivity contribution in [1.29, 1.82) is 0 Å². The number of amides is 1. The number of fused-ring (bicyclic) bond motifs is 1. The number of carbonyl (C=O) groups excluding carboxylic acids is 1. The van der Waals surface area contributed by atoms with E-state index >= 15 is 0 Å². The van der Waals surface area contributed by atoms with E-state index in [1.165, 1.54) is 0 Å². The topological polar surface area (TPSA) is 131 Å². The average Bonchev–Trinajstić information content (AvgIpc) is 3.41. The second-order valence-electron chi connectivity index (χ2n) is 10.2. The molecule has 2 saturated carbocycles. The summed E-state index contributed by atoms with van der Waals surface area (Å²) in [6.07, 6.45) is 6.73. The van der Waals surface area contributed by atoms with Gasteiger partial charge in [-0.15, -0.1) is 0 Å². The second kappa shape index (κ2) is 9.13. The number of aliphatic carboxylic acids is 1. The molecule has 3 heterocycles. The number of hydrogen-bond acceptors (Lipinski definition) is 7. The Balaban J connectivity index is 1.41. The molecule has 0 radical (unpaired) electrons. The quantitative estimate of drug-likeness (QED) is 0.552. The van der Waals surface area contributed by atoms with Gasteiger partial charge < -0.3 is 20.6 Å². The van der Waals surface area contributed by atoms with Gasteiger partial charge in [-0.1, -0.05) is 5.16 Å². The lowest BCUT2D eigenvalue weighted by Gasteiger charge is -2.41. The maximum absolute atomic E-state index is 12.2. The largest absolute Gasteiger partial charge is 0.481 e. The first-order chi connectivity index (χ1) is 16.8. The Morgan fingerprint density at radius 1 is 1.20 bits per heavy atom. The summed E-state index contributed by atoms with van der Waals surface area (Å²) < 4.78 is 1.90. The molecule has 0 bridgehead atoms. The minimum atomic E-state index is -0.704. The van der Waals surface area contributed by atoms with Crippen LogP contribution in [0.25, 0.3) is 11.0 Å². The number of rotatable bonds is 7. The number of carboxylic acid groups (broad SMARTS) is 1. The fourth-order valence-corrected chi connectivity index (χ4v) is 5.82. The molecule has 2 aliphatic carbocycles. The zero-order valence-electron chi connectivity index (χ0n) is 20.6. The van der Waals surface area contributed by atoms with Crippen LogP contribution < -0.4 is 10.6 Å². The maximum atomic E-state index is 12.2. The zero-order valence-corrected chi connectivity index (χ0v) is 20.6. The fourth-order valence-electron chi connectivity index (χ4n) is 5.82. The predicted octanol–water partition coefficient (Wildman–Crippen LogP) is 3.22. The van der Waals surface area contributed by atoms with Crippen LogP contribution in [0.15, 0.2) is 11.4 Å². The average molecular weight is 483 g/mol. The summed E-state index contributed by atoms with van der Waals surface area (Å²) in [5.41, 5.74) is 3.98. The van der Waals surface area contributed by atoms with Gasteiger partial charge in [0.05, 0.1) is 28.4 Å². The van der Waals surface area contributed by atoms with Crippen molar-refractivity contribution >= 4 is 34.3 Å². The molecule has 188 valence electrons. The highest BCUT2D eigenvalue weighted by Gasteiger charge is 2.53. The summed E-state index contributed by atoms with van der Waals surface area (Å²) in [6, 6.07) is 0.169. The van der Waals surface area contributed by atoms with Gasteiger partial charge in [-0.3, -0.25) is 9.59 Å². The van der Waals surface area contributed by atoms with Crippen molar-refractivity contribution in [3.8, 4) is 0 Å². The summed E-state index contributed by atoms with van der Waals surface area (Å²) in [5, 5.41) is 26.1. The predicted molar refractivity (Wildman–Crippen MR) is 131 cm³/mol. The molecule has 10 heteroatoms. The summed E-state index contributed by atoms with van der Waals surface area (Å²) >= 11 is 0. The molecule has 2 aromatic heterocycles. The Bertz CT molecular complexity index is 1170. The van der Waals surface area contributed by atoms with Gasteiger partial charge in [0.2, 0.25) is 5.91 Å². The molecule has 1 spiro atoms. The van der Waals surface area contributed by atoms with E-state index in [4.69, 9.17) is 9.82 Å². The molecule has 10 nitrogen and oxygen atoms in total. The molecule has 2 fully saturated rings. The van der Waals surface area contributed by atoms with Crippen molar-refractivity contribution in [2.24, 2.45) is 17.0 Å². The van der Waals surface area contributed by atoms with Crippen LogP contribution in [0.2, 0.25) is 0 Å². The van der Waals surface area contributed by atoms with E-state index < -0.39 is 11.6 Å². The second-order valence-corrected chi connectivity index (χ2v) is 10.2. The Morgan fingerprint density at radius 3 is 2.60 bits per heavy atom. The van der Waals surface area contributed by atoms with Gasteiger partial charge in [0.1, 0.15) is 5.60 Å². The lowest BCUT2D eigenvalue weighted by atomic mass is 9.68. The number of hydrogen-bond donors (Lipinski definition) is 3. The van der Waals surface area contributed by atoms with Crippen molar-refractivity contribution in [3.63, 3.8) is 0 Å². The van der Waals surface area contributed by atoms with Gasteiger partial charge in [0.15, 0.2) is 5.65 Å². The van der Waals surface area contributed by atoms with Crippen LogP contribution in [0, 0.1) is 18.8 Å². The van der Waals surface area contributed by atoms with Crippen LogP contribution in [0.1, 0.15) is 70.1 Å². The van der Waals surface area contributed by atoms with Crippen LogP contribution in [0.5, 0.6) is 0 Å². The van der Waals surface area contributed by atoms with Crippen molar-refractivity contribution < 1.29 is 19.5 Å². The maximum Gasteiger partial charge on any atom is 0.306 e. The third-order valence-corrected chi connectivity index (χ3v) is 7.77. The van der Waals surface area contributed by atoms with Crippen LogP contribution in [-0.4, -0.2) is 55.6 Å². The molecule has 0 unspecified atom stereocenters. The Hall–Kier alpha value is -3.17. The van der Waals surface area contributed by atoms with Crippen LogP contribution in [0.4, 0.5) is 5.69 Å². The third kappa shape index (κ3) is 4.23. The molecule has 3 N–H and O–H groups in total. The number of oxime groups is 1. The van der Waals surface area contributed by atoms with Crippen molar-refractivity contribution in [2.75, 3.05) is 11.9 Å². The third-order valence-electron chi connectivity index (χ3n) is 7.77. The molecule has 5 rings (SSSR count). The summed E-state index contributed by atoms with van der Waals surface area (Å²) in [7, 11) is 0. The highest BCUT2D eigenvalue weighted by atomic mass is 16.7. The van der Waals surface area contributed by atoms with E-state index in [0.29, 0.717) is 45.2 Å². The van der Waals surface area contributed by atoms with Gasteiger partial charge in [0.25, 0.3) is 0 Å². The standard InChI is InChI=1S/C25H34N6O4/c1-4-26-23(32)16-10-25(11-16)12-19(30-35-25)18-13-27-22-20(14(3)29-31(22)5-2)21(18)28-17-8-6-15(7-9-17)24(33)34/h13,15-17H,4-12H2,1-3H3,(H,26,32)(H,27,28)(H,33,34). The number of nitrogens with one attached hydrogen (secondary N) is 2. The van der Waals surface area contributed by atoms with Crippen LogP contribution in [-0.2, 0) is 21.0 Å². The molecule has 2 aromatic rings. The molecule has 0 aromatic carbocycles. The van der Waals surface area contributed by atoms with E-state index in [-0.39, 0.29) is 23.8 Å². The Kier molecular flexibility index (Phi) is 6.14. The number of carbonyl (C=O) groups is 2. The Labute approximate surface area is 204 Å². The van der Waals surface area contributed by atoms with E-state index in [1.54, 1.807) is 0 Å². The zero-order chi connectivity index (χ0) is 24.7. The number of aromatic nitrogens is 3. The van der Waals surface area contributed by atoms with Gasteiger partial charge in [0, 0.05) is 56.1 Å². The van der Waals surface area contributed by atoms with Gasteiger partial charge in [-0.25, -0.2) is 9.67 Å². The van der Waals surface area contributed by atoms with Crippen molar-refractivity contribution in [3.05, 3.63) is 17.5 Å². The van der Waals surface area contributed by atoms with E-state index in [9.17, 15) is 14.7 Å². The molecule has 1 aliphatic heterocycles. The summed E-state index contributed by atoms with van der Waals surface area (Å²) in [4.78, 5) is 34.3. The van der Waals surface area contributed by atoms with E-state index in [1.807, 2.05) is 31.6 Å². The monoisotopic (exact) mass is 482 g/mol. The highest BCUT2D eigenvalue weighted by molar-refractivity contribution is 6.11. The van der Waals surface area contributed by atoms with Crippen LogP contribution >= 0.6 is 0 Å². The number of pyridine rings is 1. The summed E-state index contributed by atoms with van der Waals surface area (Å²) in [6.45, 7) is 7.30. The first-order valence-corrected chi connectivity index (χ1v) is 12.7. The first-order valence-electron chi connectivity index (χ1n) is 12.7. The molecule has 3 aliphatic rings. The van der Waals surface area contributed by atoms with Gasteiger partial charge in [-0.05, 0) is 46.5 Å². The smallest absolute Gasteiger partial charge is 0.306 e. The molecule has 35 heavy (non-hydrogen) atoms. The number of nitrogens with zero attached hydrogens (tertiary/aromatic N) is 4. The van der Waals surface area contributed by atoms with Crippen LogP contribution in [0.3, 0.4) is 0 Å². The molecule has 0 atom stereocenters. The number of aryl methyl sites for hydroxylation is 2. The van der Waals surface area contributed by atoms with Gasteiger partial charge in [-0.2, -0.15) is 5.10 Å². The minimum absolute atomic E-state index is 0.0304. The van der Waals surface area contributed by atoms with Crippen molar-refractivity contribution in [1.82, 2.24) is 20.1 Å². The van der Waals surface area contributed by atoms with Gasteiger partial charge >= 0.3 is 5.97 Å². The number of carboxylic acids is 1. The van der Waals surface area contributed by atoms with Crippen molar-refractivity contribution in [2.45, 2.75) is 83.9 Å². The lowest BCUT2D eigenvalue weighted by Crippen LogP contribution is -2.50. The highest BCUT2D eigenvalue weighted by Crippen LogP contribution is 2.48. The molecule has 0 saturated heterocycles.